The van der Waals surface area contributed by atoms with E-state index in [1.54, 1.807) is 11.3 Å². The van der Waals surface area contributed by atoms with Crippen LogP contribution in [0.15, 0.2) is 5.38 Å². The lowest BCUT2D eigenvalue weighted by atomic mass is 10.1. The van der Waals surface area contributed by atoms with Gasteiger partial charge in [-0.15, -0.1) is 23.1 Å². The number of nitrogens with zero attached hydrogens (tertiary/aromatic N) is 1. The highest BCUT2D eigenvalue weighted by Gasteiger charge is 2.50. The van der Waals surface area contributed by atoms with Crippen LogP contribution in [0, 0.1) is 12.3 Å². The van der Waals surface area contributed by atoms with Crippen molar-refractivity contribution in [3.63, 3.8) is 0 Å². The van der Waals surface area contributed by atoms with Gasteiger partial charge in [0.25, 0.3) is 0 Å². The van der Waals surface area contributed by atoms with E-state index in [9.17, 15) is 9.59 Å². The van der Waals surface area contributed by atoms with Crippen molar-refractivity contribution < 1.29 is 14.7 Å². The Morgan fingerprint density at radius 3 is 2.84 bits per heavy atom. The minimum Gasteiger partial charge on any atom is -0.481 e. The van der Waals surface area contributed by atoms with Crippen LogP contribution in [0.2, 0.25) is 0 Å². The number of carboxylic acids is 1. The van der Waals surface area contributed by atoms with Crippen LogP contribution in [-0.2, 0) is 15.3 Å². The average molecular weight is 300 g/mol. The molecule has 0 unspecified atom stereocenters. The van der Waals surface area contributed by atoms with Crippen molar-refractivity contribution in [2.24, 2.45) is 5.41 Å². The molecule has 0 saturated heterocycles. The van der Waals surface area contributed by atoms with Crippen molar-refractivity contribution in [3.05, 3.63) is 16.1 Å². The van der Waals surface area contributed by atoms with E-state index in [0.717, 1.165) is 10.7 Å². The quantitative estimate of drug-likeness (QED) is 0.800. The summed E-state index contributed by atoms with van der Waals surface area (Å²) in [7, 11) is 0. The van der Waals surface area contributed by atoms with Gasteiger partial charge in [0.1, 0.15) is 0 Å². The van der Waals surface area contributed by atoms with Gasteiger partial charge < -0.3 is 10.4 Å². The molecule has 1 aromatic rings. The number of nitrogens with one attached hydrogen (secondary N) is 1. The molecule has 104 valence electrons. The predicted molar refractivity (Wildman–Crippen MR) is 75.3 cm³/mol. The zero-order valence-corrected chi connectivity index (χ0v) is 12.3. The minimum absolute atomic E-state index is 0.107. The van der Waals surface area contributed by atoms with E-state index < -0.39 is 11.4 Å². The van der Waals surface area contributed by atoms with Gasteiger partial charge >= 0.3 is 5.97 Å². The Morgan fingerprint density at radius 1 is 1.58 bits per heavy atom. The standard InChI is InChI=1S/C12H16N2O3S2/c1-8-14-9(5-19-8)4-18-6-10(15)13-7-12(2-3-12)11(16)17/h5H,2-4,6-7H2,1H3,(H,13,15)(H,16,17). The van der Waals surface area contributed by atoms with Crippen molar-refractivity contribution in [2.75, 3.05) is 12.3 Å². The van der Waals surface area contributed by atoms with Gasteiger partial charge in [0.2, 0.25) is 5.91 Å². The summed E-state index contributed by atoms with van der Waals surface area (Å²) in [5.41, 5.74) is 0.302. The fraction of sp³-hybridized carbons (Fsp3) is 0.583. The van der Waals surface area contributed by atoms with Gasteiger partial charge in [-0.05, 0) is 19.8 Å². The Kier molecular flexibility index (Phi) is 4.46. The second kappa shape index (κ2) is 5.92. The maximum Gasteiger partial charge on any atom is 0.311 e. The second-order valence-electron chi connectivity index (χ2n) is 4.71. The van der Waals surface area contributed by atoms with Crippen LogP contribution in [0.25, 0.3) is 0 Å². The number of carboxylic acid groups (broad SMARTS) is 1. The number of hydrogen-bond donors (Lipinski definition) is 2. The highest BCUT2D eigenvalue weighted by molar-refractivity contribution is 7.99. The normalized spacial score (nSPS) is 16.1. The maximum absolute atomic E-state index is 11.6. The number of rotatable bonds is 7. The molecule has 0 atom stereocenters. The highest BCUT2D eigenvalue weighted by Crippen LogP contribution is 2.45. The first-order valence-electron chi connectivity index (χ1n) is 6.01. The first kappa shape index (κ1) is 14.3. The van der Waals surface area contributed by atoms with Crippen LogP contribution in [0.5, 0.6) is 0 Å². The third-order valence-electron chi connectivity index (χ3n) is 3.08. The molecule has 1 heterocycles. The molecule has 0 aliphatic heterocycles. The molecule has 19 heavy (non-hydrogen) atoms. The smallest absolute Gasteiger partial charge is 0.311 e. The summed E-state index contributed by atoms with van der Waals surface area (Å²) in [5, 5.41) is 14.7. The molecule has 1 aromatic heterocycles. The second-order valence-corrected chi connectivity index (χ2v) is 6.76. The van der Waals surface area contributed by atoms with Gasteiger partial charge in [0.05, 0.1) is 21.9 Å². The largest absolute Gasteiger partial charge is 0.481 e. The van der Waals surface area contributed by atoms with Gasteiger partial charge in [0, 0.05) is 17.7 Å². The molecule has 1 amide bonds. The van der Waals surface area contributed by atoms with E-state index in [0.29, 0.717) is 24.3 Å². The van der Waals surface area contributed by atoms with Gasteiger partial charge in [0.15, 0.2) is 0 Å². The monoisotopic (exact) mass is 300 g/mol. The van der Waals surface area contributed by atoms with Crippen LogP contribution in [0.3, 0.4) is 0 Å². The Bertz CT molecular complexity index is 483. The van der Waals surface area contributed by atoms with Crippen molar-refractivity contribution in [1.29, 1.82) is 0 Å². The van der Waals surface area contributed by atoms with E-state index >= 15 is 0 Å². The summed E-state index contributed by atoms with van der Waals surface area (Å²) >= 11 is 3.09. The number of aromatic nitrogens is 1. The molecule has 2 rings (SSSR count). The number of amides is 1. The van der Waals surface area contributed by atoms with Crippen molar-refractivity contribution >= 4 is 35.0 Å². The fourth-order valence-corrected chi connectivity index (χ4v) is 3.12. The minimum atomic E-state index is -0.807. The lowest BCUT2D eigenvalue weighted by Gasteiger charge is -2.10. The Morgan fingerprint density at radius 2 is 2.32 bits per heavy atom. The van der Waals surface area contributed by atoms with Crippen molar-refractivity contribution in [3.8, 4) is 0 Å². The molecule has 0 radical (unpaired) electrons. The lowest BCUT2D eigenvalue weighted by molar-refractivity contribution is -0.143. The van der Waals surface area contributed by atoms with E-state index in [2.05, 4.69) is 10.3 Å². The molecule has 2 N–H and O–H groups in total. The first-order chi connectivity index (χ1) is 9.02. The number of thiazole rings is 1. The van der Waals surface area contributed by atoms with Crippen LogP contribution in [-0.4, -0.2) is 34.3 Å². The number of carbonyl (C=O) groups excluding carboxylic acids is 1. The summed E-state index contributed by atoms with van der Waals surface area (Å²) in [4.78, 5) is 26.8. The molecule has 1 saturated carbocycles. The van der Waals surface area contributed by atoms with Crippen LogP contribution in [0.4, 0.5) is 0 Å². The zero-order valence-electron chi connectivity index (χ0n) is 10.6. The molecule has 0 bridgehead atoms. The van der Waals surface area contributed by atoms with E-state index in [1.165, 1.54) is 11.8 Å². The number of aryl methyl sites for hydroxylation is 1. The number of carbonyl (C=O) groups is 2. The molecule has 0 spiro atoms. The SMILES string of the molecule is Cc1nc(CSCC(=O)NCC2(C(=O)O)CC2)cs1. The molecule has 1 aliphatic rings. The maximum atomic E-state index is 11.6. The molecule has 0 aromatic carbocycles. The van der Waals surface area contributed by atoms with E-state index in [1.807, 2.05) is 12.3 Å². The summed E-state index contributed by atoms with van der Waals surface area (Å²) in [6.07, 6.45) is 1.32. The Balaban J connectivity index is 1.64. The van der Waals surface area contributed by atoms with Gasteiger partial charge in [-0.3, -0.25) is 9.59 Å². The molecule has 1 aliphatic carbocycles. The van der Waals surface area contributed by atoms with Crippen LogP contribution in [0.1, 0.15) is 23.5 Å². The van der Waals surface area contributed by atoms with Crippen LogP contribution >= 0.6 is 23.1 Å². The molecule has 5 nitrogen and oxygen atoms in total. The third kappa shape index (κ3) is 3.94. The van der Waals surface area contributed by atoms with E-state index in [-0.39, 0.29) is 12.5 Å². The molecular weight excluding hydrogens is 284 g/mol. The first-order valence-corrected chi connectivity index (χ1v) is 8.04. The van der Waals surface area contributed by atoms with Gasteiger partial charge in [-0.25, -0.2) is 4.98 Å². The van der Waals surface area contributed by atoms with Crippen molar-refractivity contribution in [2.45, 2.75) is 25.5 Å². The summed E-state index contributed by atoms with van der Waals surface area (Å²) < 4.78 is 0. The summed E-state index contributed by atoms with van der Waals surface area (Å²) in [5.74, 6) is 0.136. The highest BCUT2D eigenvalue weighted by atomic mass is 32.2. The third-order valence-corrected chi connectivity index (χ3v) is 4.87. The summed E-state index contributed by atoms with van der Waals surface area (Å²) in [6.45, 7) is 2.20. The van der Waals surface area contributed by atoms with Crippen molar-refractivity contribution in [1.82, 2.24) is 10.3 Å². The van der Waals surface area contributed by atoms with Crippen LogP contribution < -0.4 is 5.32 Å². The van der Waals surface area contributed by atoms with Gasteiger partial charge in [-0.1, -0.05) is 0 Å². The lowest BCUT2D eigenvalue weighted by Crippen LogP contribution is -2.35. The van der Waals surface area contributed by atoms with Gasteiger partial charge in [-0.2, -0.15) is 0 Å². The zero-order chi connectivity index (χ0) is 13.9. The topological polar surface area (TPSA) is 79.3 Å². The Labute approximate surface area is 119 Å². The molecular formula is C12H16N2O3S2. The summed E-state index contributed by atoms with van der Waals surface area (Å²) in [6, 6.07) is 0. The molecule has 7 heteroatoms. The fourth-order valence-electron chi connectivity index (χ4n) is 1.66. The molecule has 1 fully saturated rings. The number of thioether (sulfide) groups is 1. The number of hydrogen-bond acceptors (Lipinski definition) is 5. The average Bonchev–Trinajstić information content (AvgIpc) is 3.05. The van der Waals surface area contributed by atoms with E-state index in [4.69, 9.17) is 5.11 Å². The number of aliphatic carboxylic acids is 1. The Hall–Kier alpha value is -1.08. The predicted octanol–water partition coefficient (Wildman–Crippen LogP) is 1.67.